The second-order valence-corrected chi connectivity index (χ2v) is 14.9. The number of nitrogens with zero attached hydrogens (tertiary/aromatic N) is 2. The van der Waals surface area contributed by atoms with Crippen LogP contribution in [0.25, 0.3) is 86.9 Å². The highest BCUT2D eigenvalue weighted by Crippen LogP contribution is 2.40. The van der Waals surface area contributed by atoms with E-state index in [1.165, 1.54) is 53.9 Å². The maximum Gasteiger partial charge on any atom is 0.160 e. The van der Waals surface area contributed by atoms with Gasteiger partial charge < -0.3 is 9.73 Å². The van der Waals surface area contributed by atoms with Crippen LogP contribution in [0.5, 0.6) is 0 Å². The second kappa shape index (κ2) is 12.5. The number of nitrogens with one attached hydrogen (secondary N) is 1. The molecule has 0 aliphatic carbocycles. The Morgan fingerprint density at radius 2 is 1.02 bits per heavy atom. The van der Waals surface area contributed by atoms with Crippen molar-refractivity contribution in [2.45, 2.75) is 6.17 Å². The second-order valence-electron chi connectivity index (χ2n) is 14.9. The first-order chi connectivity index (χ1) is 28.2. The van der Waals surface area contributed by atoms with Gasteiger partial charge >= 0.3 is 0 Å². The predicted molar refractivity (Wildman–Crippen MR) is 239 cm³/mol. The van der Waals surface area contributed by atoms with Crippen LogP contribution in [-0.4, -0.2) is 11.7 Å². The SMILES string of the molecule is c1ccc(C2=NC(c3cccc4oc5cc(-c6ccc7c8ccccc8c8ccccc8c7c6)ccc5c34)=NC(c3ccc4ccc5ccccc5c4c3)N2)cc1. The molecule has 0 spiro atoms. The molecule has 1 aliphatic heterocycles. The van der Waals surface area contributed by atoms with Crippen LogP contribution in [0, 0.1) is 0 Å². The number of hydrogen-bond donors (Lipinski definition) is 1. The minimum Gasteiger partial charge on any atom is -0.456 e. The zero-order valence-corrected chi connectivity index (χ0v) is 30.8. The lowest BCUT2D eigenvalue weighted by molar-refractivity contribution is 0.668. The lowest BCUT2D eigenvalue weighted by Crippen LogP contribution is -2.33. The summed E-state index contributed by atoms with van der Waals surface area (Å²) in [4.78, 5) is 10.5. The Balaban J connectivity index is 1.00. The van der Waals surface area contributed by atoms with Gasteiger partial charge in [-0.15, -0.1) is 0 Å². The summed E-state index contributed by atoms with van der Waals surface area (Å²) in [6.45, 7) is 0. The summed E-state index contributed by atoms with van der Waals surface area (Å²) in [6.07, 6.45) is -0.350. The Morgan fingerprint density at radius 3 is 1.79 bits per heavy atom. The molecular weight excluding hydrogens is 695 g/mol. The first-order valence-corrected chi connectivity index (χ1v) is 19.4. The summed E-state index contributed by atoms with van der Waals surface area (Å²) in [5.41, 5.74) is 6.91. The van der Waals surface area contributed by atoms with E-state index in [0.29, 0.717) is 5.84 Å². The summed E-state index contributed by atoms with van der Waals surface area (Å²) < 4.78 is 6.65. The van der Waals surface area contributed by atoms with Crippen molar-refractivity contribution in [2.24, 2.45) is 9.98 Å². The van der Waals surface area contributed by atoms with Gasteiger partial charge in [-0.05, 0) is 101 Å². The van der Waals surface area contributed by atoms with E-state index in [9.17, 15) is 0 Å². The number of amidine groups is 2. The van der Waals surface area contributed by atoms with Gasteiger partial charge in [-0.1, -0.05) is 158 Å². The summed E-state index contributed by atoms with van der Waals surface area (Å²) in [7, 11) is 0. The van der Waals surface area contributed by atoms with Crippen LogP contribution in [0.4, 0.5) is 0 Å². The molecule has 1 atom stereocenters. The molecule has 57 heavy (non-hydrogen) atoms. The zero-order chi connectivity index (χ0) is 37.5. The van der Waals surface area contributed by atoms with Crippen molar-refractivity contribution in [3.05, 3.63) is 205 Å². The van der Waals surface area contributed by atoms with Gasteiger partial charge in [-0.3, -0.25) is 0 Å². The Hall–Kier alpha value is -7.56. The molecule has 12 rings (SSSR count). The molecule has 1 aliphatic rings. The molecule has 0 amide bonds. The molecule has 266 valence electrons. The van der Waals surface area contributed by atoms with Gasteiger partial charge in [0.25, 0.3) is 0 Å². The monoisotopic (exact) mass is 727 g/mol. The number of hydrogen-bond acceptors (Lipinski definition) is 4. The van der Waals surface area contributed by atoms with Gasteiger partial charge in [-0.25, -0.2) is 9.98 Å². The molecule has 1 N–H and O–H groups in total. The molecule has 4 nitrogen and oxygen atoms in total. The highest BCUT2D eigenvalue weighted by Gasteiger charge is 2.24. The van der Waals surface area contributed by atoms with E-state index in [1.54, 1.807) is 0 Å². The van der Waals surface area contributed by atoms with E-state index in [0.717, 1.165) is 55.6 Å². The van der Waals surface area contributed by atoms with E-state index >= 15 is 0 Å². The van der Waals surface area contributed by atoms with Crippen molar-refractivity contribution in [1.82, 2.24) is 5.32 Å². The molecule has 2 heterocycles. The number of furan rings is 1. The van der Waals surface area contributed by atoms with Crippen LogP contribution in [0.2, 0.25) is 0 Å². The van der Waals surface area contributed by atoms with E-state index < -0.39 is 0 Å². The molecule has 1 aromatic heterocycles. The molecule has 0 saturated heterocycles. The summed E-state index contributed by atoms with van der Waals surface area (Å²) >= 11 is 0. The highest BCUT2D eigenvalue weighted by molar-refractivity contribution is 6.26. The van der Waals surface area contributed by atoms with E-state index in [1.807, 2.05) is 30.3 Å². The standard InChI is InChI=1S/C53H33N3O/c1-2-12-34(13-3-1)51-54-52(37-24-23-33-22-21-32-11-4-5-14-38(32)46(33)30-37)56-53(55-51)45-19-10-20-48-50(45)44-28-26-36(31-49(44)57-48)35-25-27-43-41-17-7-6-15-39(41)40-16-8-9-18-42(40)47(43)29-35/h1-31,52H,(H,54,55,56). The van der Waals surface area contributed by atoms with Crippen molar-refractivity contribution in [1.29, 1.82) is 0 Å². The first kappa shape index (κ1) is 31.8. The van der Waals surface area contributed by atoms with Gasteiger partial charge in [0.05, 0.1) is 0 Å². The summed E-state index contributed by atoms with van der Waals surface area (Å²) in [5.74, 6) is 1.45. The van der Waals surface area contributed by atoms with Gasteiger partial charge in [0.1, 0.15) is 23.2 Å². The van der Waals surface area contributed by atoms with Gasteiger partial charge in [0.15, 0.2) is 5.84 Å². The fourth-order valence-corrected chi connectivity index (χ4v) is 8.95. The average Bonchev–Trinajstić information content (AvgIpc) is 3.67. The number of rotatable bonds is 4. The number of fused-ring (bicyclic) bond motifs is 12. The van der Waals surface area contributed by atoms with Crippen molar-refractivity contribution in [3.8, 4) is 11.1 Å². The number of aliphatic imine (C=N–C) groups is 2. The lowest BCUT2D eigenvalue weighted by Gasteiger charge is -2.24. The molecule has 11 aromatic rings. The minimum absolute atomic E-state index is 0.350. The Bertz CT molecular complexity index is 3470. The van der Waals surface area contributed by atoms with E-state index in [2.05, 4.69) is 163 Å². The first-order valence-electron chi connectivity index (χ1n) is 19.4. The maximum atomic E-state index is 6.65. The van der Waals surface area contributed by atoms with Gasteiger partial charge in [0, 0.05) is 21.9 Å². The molecule has 0 saturated carbocycles. The maximum absolute atomic E-state index is 6.65. The fourth-order valence-electron chi connectivity index (χ4n) is 8.95. The third-order valence-corrected chi connectivity index (χ3v) is 11.7. The van der Waals surface area contributed by atoms with Gasteiger partial charge in [-0.2, -0.15) is 0 Å². The van der Waals surface area contributed by atoms with Crippen molar-refractivity contribution in [2.75, 3.05) is 0 Å². The number of benzene rings is 10. The largest absolute Gasteiger partial charge is 0.456 e. The van der Waals surface area contributed by atoms with E-state index in [4.69, 9.17) is 14.4 Å². The highest BCUT2D eigenvalue weighted by atomic mass is 16.3. The van der Waals surface area contributed by atoms with Crippen LogP contribution in [0.15, 0.2) is 202 Å². The molecule has 1 unspecified atom stereocenters. The Kier molecular flexibility index (Phi) is 6.96. The van der Waals surface area contributed by atoms with Crippen LogP contribution in [-0.2, 0) is 0 Å². The van der Waals surface area contributed by atoms with E-state index in [-0.39, 0.29) is 6.17 Å². The predicted octanol–water partition coefficient (Wildman–Crippen LogP) is 13.5. The van der Waals surface area contributed by atoms with Crippen molar-refractivity contribution < 1.29 is 4.42 Å². The molecule has 0 radical (unpaired) electrons. The van der Waals surface area contributed by atoms with Crippen molar-refractivity contribution >= 4 is 87.5 Å². The molecule has 0 fully saturated rings. The third-order valence-electron chi connectivity index (χ3n) is 11.7. The van der Waals surface area contributed by atoms with Crippen LogP contribution >= 0.6 is 0 Å². The van der Waals surface area contributed by atoms with Crippen LogP contribution < -0.4 is 5.32 Å². The Morgan fingerprint density at radius 1 is 0.404 bits per heavy atom. The normalized spacial score (nSPS) is 14.5. The molecule has 10 aromatic carbocycles. The Labute approximate surface area is 328 Å². The van der Waals surface area contributed by atoms with Crippen LogP contribution in [0.3, 0.4) is 0 Å². The molecular formula is C53H33N3O. The average molecular weight is 728 g/mol. The smallest absolute Gasteiger partial charge is 0.160 e. The minimum atomic E-state index is -0.350. The zero-order valence-electron chi connectivity index (χ0n) is 30.8. The van der Waals surface area contributed by atoms with Crippen molar-refractivity contribution in [3.63, 3.8) is 0 Å². The van der Waals surface area contributed by atoms with Crippen LogP contribution in [0.1, 0.15) is 22.9 Å². The quantitative estimate of drug-likeness (QED) is 0.184. The lowest BCUT2D eigenvalue weighted by atomic mass is 9.92. The van der Waals surface area contributed by atoms with Gasteiger partial charge in [0.2, 0.25) is 0 Å². The topological polar surface area (TPSA) is 49.9 Å². The fraction of sp³-hybridized carbons (Fsp3) is 0.0189. The summed E-state index contributed by atoms with van der Waals surface area (Å²) in [6, 6.07) is 66.9. The summed E-state index contributed by atoms with van der Waals surface area (Å²) in [5, 5.41) is 18.2. The third kappa shape index (κ3) is 5.08. The molecule has 0 bridgehead atoms. The molecule has 4 heteroatoms.